The third-order valence-corrected chi connectivity index (χ3v) is 3.13. The highest BCUT2D eigenvalue weighted by molar-refractivity contribution is 5.95. The molecule has 0 aromatic heterocycles. The Morgan fingerprint density at radius 3 is 2.27 bits per heavy atom. The third-order valence-electron chi connectivity index (χ3n) is 3.13. The van der Waals surface area contributed by atoms with Crippen LogP contribution in [0.25, 0.3) is 0 Å². The Hall–Kier alpha value is -2.31. The molecule has 1 aromatic carbocycles. The fourth-order valence-electron chi connectivity index (χ4n) is 1.88. The van der Waals surface area contributed by atoms with E-state index in [1.54, 1.807) is 13.8 Å². The van der Waals surface area contributed by atoms with E-state index in [9.17, 15) is 14.0 Å². The second-order valence-corrected chi connectivity index (χ2v) is 5.42. The molecular formula is C15H20FNO5. The smallest absolute Gasteiger partial charge is 0.303 e. The first-order chi connectivity index (χ1) is 10.2. The second-order valence-electron chi connectivity index (χ2n) is 5.42. The number of amides is 1. The number of carboxylic acids is 1. The molecule has 2 N–H and O–H groups in total. The Morgan fingerprint density at radius 2 is 1.77 bits per heavy atom. The molecule has 6 nitrogen and oxygen atoms in total. The summed E-state index contributed by atoms with van der Waals surface area (Å²) in [6.07, 6.45) is 0.130. The van der Waals surface area contributed by atoms with E-state index in [4.69, 9.17) is 14.6 Å². The van der Waals surface area contributed by atoms with Crippen molar-refractivity contribution in [3.63, 3.8) is 0 Å². The van der Waals surface area contributed by atoms with Crippen molar-refractivity contribution in [3.8, 4) is 11.5 Å². The van der Waals surface area contributed by atoms with Crippen molar-refractivity contribution in [2.45, 2.75) is 32.2 Å². The molecular weight excluding hydrogens is 293 g/mol. The number of hydrogen-bond donors (Lipinski definition) is 2. The van der Waals surface area contributed by atoms with Gasteiger partial charge in [-0.05, 0) is 26.3 Å². The third kappa shape index (κ3) is 4.61. The lowest BCUT2D eigenvalue weighted by Crippen LogP contribution is -2.44. The van der Waals surface area contributed by atoms with Gasteiger partial charge >= 0.3 is 5.97 Å². The number of carbonyl (C=O) groups is 2. The molecule has 0 heterocycles. The van der Waals surface area contributed by atoms with Crippen LogP contribution in [0.1, 0.15) is 37.0 Å². The fourth-order valence-corrected chi connectivity index (χ4v) is 1.88. The molecule has 122 valence electrons. The van der Waals surface area contributed by atoms with E-state index in [1.165, 1.54) is 20.3 Å². The van der Waals surface area contributed by atoms with Crippen LogP contribution in [0.4, 0.5) is 4.39 Å². The summed E-state index contributed by atoms with van der Waals surface area (Å²) in [6.45, 7) is 3.35. The lowest BCUT2D eigenvalue weighted by Gasteiger charge is -2.26. The van der Waals surface area contributed by atoms with Gasteiger partial charge in [0, 0.05) is 18.0 Å². The van der Waals surface area contributed by atoms with Crippen LogP contribution in [0.5, 0.6) is 11.5 Å². The SMILES string of the molecule is COc1cc(F)c(C(=O)NC(C)(C)CCC(=O)O)cc1OC. The molecule has 0 unspecified atom stereocenters. The number of benzene rings is 1. The Balaban J connectivity index is 2.96. The molecule has 0 radical (unpaired) electrons. The number of rotatable bonds is 7. The predicted octanol–water partition coefficient (Wildman–Crippen LogP) is 2.22. The minimum absolute atomic E-state index is 0.0955. The Kier molecular flexibility index (Phi) is 5.73. The summed E-state index contributed by atoms with van der Waals surface area (Å²) >= 11 is 0. The number of carbonyl (C=O) groups excluding carboxylic acids is 1. The van der Waals surface area contributed by atoms with Crippen LogP contribution in [0.3, 0.4) is 0 Å². The number of hydrogen-bond acceptors (Lipinski definition) is 4. The predicted molar refractivity (Wildman–Crippen MR) is 77.9 cm³/mol. The van der Waals surface area contributed by atoms with Gasteiger partial charge in [-0.2, -0.15) is 0 Å². The highest BCUT2D eigenvalue weighted by Crippen LogP contribution is 2.30. The van der Waals surface area contributed by atoms with Crippen LogP contribution < -0.4 is 14.8 Å². The topological polar surface area (TPSA) is 84.9 Å². The zero-order valence-corrected chi connectivity index (χ0v) is 13.0. The van der Waals surface area contributed by atoms with Crippen molar-refractivity contribution < 1.29 is 28.6 Å². The average Bonchev–Trinajstić information content (AvgIpc) is 2.44. The number of ether oxygens (including phenoxy) is 2. The van der Waals surface area contributed by atoms with E-state index in [1.807, 2.05) is 0 Å². The zero-order chi connectivity index (χ0) is 16.9. The highest BCUT2D eigenvalue weighted by Gasteiger charge is 2.25. The van der Waals surface area contributed by atoms with Gasteiger partial charge in [-0.1, -0.05) is 0 Å². The minimum atomic E-state index is -0.959. The molecule has 1 aromatic rings. The number of halogens is 1. The van der Waals surface area contributed by atoms with Gasteiger partial charge in [0.2, 0.25) is 0 Å². The van der Waals surface area contributed by atoms with Gasteiger partial charge in [0.25, 0.3) is 5.91 Å². The van der Waals surface area contributed by atoms with Crippen LogP contribution in [0.2, 0.25) is 0 Å². The minimum Gasteiger partial charge on any atom is -0.493 e. The largest absolute Gasteiger partial charge is 0.493 e. The van der Waals surface area contributed by atoms with E-state index >= 15 is 0 Å². The molecule has 0 atom stereocenters. The summed E-state index contributed by atoms with van der Waals surface area (Å²) < 4.78 is 24.0. The number of carboxylic acid groups (broad SMARTS) is 1. The van der Waals surface area contributed by atoms with Crippen LogP contribution in [-0.2, 0) is 4.79 Å². The van der Waals surface area contributed by atoms with E-state index in [0.717, 1.165) is 6.07 Å². The molecule has 0 fully saturated rings. The van der Waals surface area contributed by atoms with Gasteiger partial charge in [0.05, 0.1) is 19.8 Å². The van der Waals surface area contributed by atoms with Gasteiger partial charge in [0.15, 0.2) is 11.5 Å². The van der Waals surface area contributed by atoms with Crippen LogP contribution in [0.15, 0.2) is 12.1 Å². The number of aliphatic carboxylic acids is 1. The Labute approximate surface area is 128 Å². The summed E-state index contributed by atoms with van der Waals surface area (Å²) in [4.78, 5) is 22.8. The van der Waals surface area contributed by atoms with Crippen LogP contribution in [0, 0.1) is 5.82 Å². The van der Waals surface area contributed by atoms with E-state index in [0.29, 0.717) is 0 Å². The van der Waals surface area contributed by atoms with Crippen LogP contribution in [-0.4, -0.2) is 36.7 Å². The lowest BCUT2D eigenvalue weighted by molar-refractivity contribution is -0.137. The molecule has 0 saturated carbocycles. The first-order valence-corrected chi connectivity index (χ1v) is 6.66. The summed E-state index contributed by atoms with van der Waals surface area (Å²) in [5, 5.41) is 11.3. The molecule has 0 aliphatic carbocycles. The molecule has 0 saturated heterocycles. The maximum atomic E-state index is 14.0. The second kappa shape index (κ2) is 7.11. The van der Waals surface area contributed by atoms with Crippen molar-refractivity contribution >= 4 is 11.9 Å². The molecule has 1 rings (SSSR count). The number of methoxy groups -OCH3 is 2. The summed E-state index contributed by atoms with van der Waals surface area (Å²) in [5.41, 5.74) is -0.976. The van der Waals surface area contributed by atoms with Crippen LogP contribution >= 0.6 is 0 Å². The van der Waals surface area contributed by atoms with E-state index < -0.39 is 23.2 Å². The lowest BCUT2D eigenvalue weighted by atomic mass is 9.97. The van der Waals surface area contributed by atoms with Crippen molar-refractivity contribution in [3.05, 3.63) is 23.5 Å². The first-order valence-electron chi connectivity index (χ1n) is 6.66. The molecule has 0 aliphatic rings. The normalized spacial score (nSPS) is 11.0. The van der Waals surface area contributed by atoms with Crippen molar-refractivity contribution in [1.29, 1.82) is 0 Å². The zero-order valence-electron chi connectivity index (χ0n) is 13.0. The summed E-state index contributed by atoms with van der Waals surface area (Å²) in [7, 11) is 2.75. The van der Waals surface area contributed by atoms with Crippen molar-refractivity contribution in [2.75, 3.05) is 14.2 Å². The highest BCUT2D eigenvalue weighted by atomic mass is 19.1. The van der Waals surface area contributed by atoms with Gasteiger partial charge in [-0.25, -0.2) is 4.39 Å². The van der Waals surface area contributed by atoms with Crippen molar-refractivity contribution in [1.82, 2.24) is 5.32 Å². The average molecular weight is 313 g/mol. The Morgan fingerprint density at radius 1 is 1.23 bits per heavy atom. The standard InChI is InChI=1S/C15H20FNO5/c1-15(2,6-5-13(18)19)17-14(20)9-7-11(21-3)12(22-4)8-10(9)16/h7-8H,5-6H2,1-4H3,(H,17,20)(H,18,19). The molecule has 22 heavy (non-hydrogen) atoms. The summed E-state index contributed by atoms with van der Waals surface area (Å²) in [6, 6.07) is 2.31. The monoisotopic (exact) mass is 313 g/mol. The van der Waals surface area contributed by atoms with Crippen molar-refractivity contribution in [2.24, 2.45) is 0 Å². The van der Waals surface area contributed by atoms with Gasteiger partial charge in [-0.3, -0.25) is 9.59 Å². The van der Waals surface area contributed by atoms with Gasteiger partial charge in [0.1, 0.15) is 5.82 Å². The molecule has 7 heteroatoms. The molecule has 1 amide bonds. The first kappa shape index (κ1) is 17.7. The molecule has 0 bridgehead atoms. The Bertz CT molecular complexity index is 571. The van der Waals surface area contributed by atoms with E-state index in [-0.39, 0.29) is 29.9 Å². The maximum Gasteiger partial charge on any atom is 0.303 e. The van der Waals surface area contributed by atoms with Gasteiger partial charge in [-0.15, -0.1) is 0 Å². The van der Waals surface area contributed by atoms with Gasteiger partial charge < -0.3 is 19.9 Å². The molecule has 0 aliphatic heterocycles. The maximum absolute atomic E-state index is 14.0. The quantitative estimate of drug-likeness (QED) is 0.806. The fraction of sp³-hybridized carbons (Fsp3) is 0.467. The number of nitrogens with one attached hydrogen (secondary N) is 1. The molecule has 0 spiro atoms. The summed E-state index contributed by atoms with van der Waals surface area (Å²) in [5.74, 6) is -1.93. The van der Waals surface area contributed by atoms with E-state index in [2.05, 4.69) is 5.32 Å².